The molecule has 0 saturated carbocycles. The van der Waals surface area contributed by atoms with Gasteiger partial charge in [-0.15, -0.1) is 0 Å². The van der Waals surface area contributed by atoms with Gasteiger partial charge in [-0.2, -0.15) is 0 Å². The lowest BCUT2D eigenvalue weighted by Gasteiger charge is -2.12. The number of rotatable bonds is 11. The summed E-state index contributed by atoms with van der Waals surface area (Å²) in [6, 6.07) is 6.88. The number of allylic oxidation sites excluding steroid dienone is 2. The van der Waals surface area contributed by atoms with E-state index in [1.54, 1.807) is 19.1 Å². The van der Waals surface area contributed by atoms with Crippen LogP contribution in [0.3, 0.4) is 0 Å². The smallest absolute Gasteiger partial charge is 0.351 e. The predicted octanol–water partition coefficient (Wildman–Crippen LogP) is 5.73. The highest BCUT2D eigenvalue weighted by molar-refractivity contribution is 6.12. The van der Waals surface area contributed by atoms with E-state index in [0.717, 1.165) is 16.9 Å². The minimum absolute atomic E-state index is 0.0510. The van der Waals surface area contributed by atoms with Crippen LogP contribution in [0.15, 0.2) is 51.2 Å². The van der Waals surface area contributed by atoms with Gasteiger partial charge in [0.2, 0.25) is 0 Å². The van der Waals surface area contributed by atoms with Crippen molar-refractivity contribution in [3.8, 4) is 11.5 Å². The standard InChI is InChI=1S/C28H34O7/c1-17(2)34-22-13-12-21(19(4)15-22)14-20(5)27(31)26-23(29)16-24(35-28(26)32)18(3)10-8-7-9-11-25(30)33-6/h7,9,12-18,29H,8,10-11H2,1-6H3. The van der Waals surface area contributed by atoms with Crippen molar-refractivity contribution in [1.29, 1.82) is 0 Å². The first kappa shape index (κ1) is 27.6. The van der Waals surface area contributed by atoms with Crippen LogP contribution in [0.5, 0.6) is 11.5 Å². The molecule has 35 heavy (non-hydrogen) atoms. The van der Waals surface area contributed by atoms with Gasteiger partial charge in [-0.25, -0.2) is 4.79 Å². The van der Waals surface area contributed by atoms with Gasteiger partial charge in [-0.05, 0) is 75.4 Å². The van der Waals surface area contributed by atoms with Crippen LogP contribution in [0, 0.1) is 6.92 Å². The molecule has 1 aromatic carbocycles. The van der Waals surface area contributed by atoms with Gasteiger partial charge < -0.3 is 19.0 Å². The number of methoxy groups -OCH3 is 1. The Morgan fingerprint density at radius 2 is 1.86 bits per heavy atom. The van der Waals surface area contributed by atoms with Crippen molar-refractivity contribution < 1.29 is 28.6 Å². The second kappa shape index (κ2) is 12.7. The number of hydrogen-bond donors (Lipinski definition) is 1. The molecule has 2 rings (SSSR count). The van der Waals surface area contributed by atoms with E-state index < -0.39 is 17.2 Å². The summed E-state index contributed by atoms with van der Waals surface area (Å²) in [6.07, 6.45) is 6.76. The number of carbonyl (C=O) groups is 2. The van der Waals surface area contributed by atoms with Gasteiger partial charge in [0.1, 0.15) is 22.8 Å². The number of benzene rings is 1. The van der Waals surface area contributed by atoms with Crippen LogP contribution in [0.2, 0.25) is 0 Å². The van der Waals surface area contributed by atoms with Crippen LogP contribution in [0.4, 0.5) is 0 Å². The monoisotopic (exact) mass is 482 g/mol. The highest BCUT2D eigenvalue weighted by Crippen LogP contribution is 2.27. The number of aryl methyl sites for hydroxylation is 1. The Morgan fingerprint density at radius 1 is 1.14 bits per heavy atom. The van der Waals surface area contributed by atoms with Crippen LogP contribution < -0.4 is 10.4 Å². The van der Waals surface area contributed by atoms with E-state index in [1.807, 2.05) is 52.0 Å². The highest BCUT2D eigenvalue weighted by Gasteiger charge is 2.22. The largest absolute Gasteiger partial charge is 0.507 e. The van der Waals surface area contributed by atoms with E-state index in [2.05, 4.69) is 4.74 Å². The quantitative estimate of drug-likeness (QED) is 0.189. The zero-order chi connectivity index (χ0) is 26.1. The number of aromatic hydroxyl groups is 1. The summed E-state index contributed by atoms with van der Waals surface area (Å²) in [7, 11) is 1.33. The molecular weight excluding hydrogens is 448 g/mol. The van der Waals surface area contributed by atoms with Crippen molar-refractivity contribution in [2.24, 2.45) is 0 Å². The summed E-state index contributed by atoms with van der Waals surface area (Å²) in [4.78, 5) is 36.7. The summed E-state index contributed by atoms with van der Waals surface area (Å²) < 4.78 is 15.6. The minimum Gasteiger partial charge on any atom is -0.507 e. The summed E-state index contributed by atoms with van der Waals surface area (Å²) >= 11 is 0. The fraction of sp³-hybridized carbons (Fsp3) is 0.393. The van der Waals surface area contributed by atoms with Crippen molar-refractivity contribution in [3.63, 3.8) is 0 Å². The van der Waals surface area contributed by atoms with Crippen molar-refractivity contribution in [2.75, 3.05) is 7.11 Å². The van der Waals surface area contributed by atoms with E-state index >= 15 is 0 Å². The third kappa shape index (κ3) is 7.98. The van der Waals surface area contributed by atoms with Gasteiger partial charge in [0.05, 0.1) is 19.6 Å². The lowest BCUT2D eigenvalue weighted by molar-refractivity contribution is -0.139. The third-order valence-electron chi connectivity index (χ3n) is 5.45. The first-order chi connectivity index (χ1) is 16.5. The Morgan fingerprint density at radius 3 is 2.46 bits per heavy atom. The maximum Gasteiger partial charge on any atom is 0.351 e. The molecule has 0 amide bonds. The highest BCUT2D eigenvalue weighted by atomic mass is 16.5. The number of hydrogen-bond acceptors (Lipinski definition) is 7. The molecule has 0 aliphatic heterocycles. The zero-order valence-electron chi connectivity index (χ0n) is 21.2. The van der Waals surface area contributed by atoms with E-state index in [-0.39, 0.29) is 30.0 Å². The van der Waals surface area contributed by atoms with Crippen LogP contribution >= 0.6 is 0 Å². The molecule has 1 aromatic heterocycles. The van der Waals surface area contributed by atoms with Crippen LogP contribution in [-0.4, -0.2) is 30.1 Å². The molecule has 0 aliphatic carbocycles. The summed E-state index contributed by atoms with van der Waals surface area (Å²) in [5.41, 5.74) is 0.760. The van der Waals surface area contributed by atoms with Gasteiger partial charge in [0, 0.05) is 12.0 Å². The number of carbonyl (C=O) groups excluding carboxylic acids is 2. The summed E-state index contributed by atoms with van der Waals surface area (Å²) in [5.74, 6) is -0.458. The van der Waals surface area contributed by atoms with Gasteiger partial charge in [-0.1, -0.05) is 25.1 Å². The molecule has 7 nitrogen and oxygen atoms in total. The van der Waals surface area contributed by atoms with Gasteiger partial charge in [0.15, 0.2) is 5.78 Å². The molecule has 188 valence electrons. The fourth-order valence-electron chi connectivity index (χ4n) is 3.47. The molecule has 1 N–H and O–H groups in total. The zero-order valence-corrected chi connectivity index (χ0v) is 21.2. The average Bonchev–Trinajstić information content (AvgIpc) is 2.79. The van der Waals surface area contributed by atoms with Crippen molar-refractivity contribution in [3.05, 3.63) is 74.9 Å². The van der Waals surface area contributed by atoms with E-state index in [1.165, 1.54) is 13.2 Å². The van der Waals surface area contributed by atoms with Crippen molar-refractivity contribution >= 4 is 17.8 Å². The predicted molar refractivity (Wildman–Crippen MR) is 135 cm³/mol. The first-order valence-corrected chi connectivity index (χ1v) is 11.6. The number of Topliss-reactive ketones (excluding diaryl/α,β-unsaturated/α-hetero) is 1. The Kier molecular flexibility index (Phi) is 10.1. The van der Waals surface area contributed by atoms with E-state index in [0.29, 0.717) is 24.2 Å². The molecule has 1 atom stereocenters. The molecule has 7 heteroatoms. The molecule has 1 heterocycles. The number of esters is 1. The second-order valence-electron chi connectivity index (χ2n) is 8.77. The van der Waals surface area contributed by atoms with Gasteiger partial charge in [-0.3, -0.25) is 9.59 Å². The normalized spacial score (nSPS) is 12.7. The molecule has 0 saturated heterocycles. The molecular formula is C28H34O7. The van der Waals surface area contributed by atoms with Crippen molar-refractivity contribution in [2.45, 2.75) is 65.9 Å². The molecule has 0 fully saturated rings. The first-order valence-electron chi connectivity index (χ1n) is 11.6. The third-order valence-corrected chi connectivity index (χ3v) is 5.45. The van der Waals surface area contributed by atoms with Crippen LogP contribution in [0.1, 0.15) is 80.1 Å². The Labute approximate surface area is 206 Å². The molecule has 0 aliphatic rings. The lowest BCUT2D eigenvalue weighted by Crippen LogP contribution is -2.16. The Bertz CT molecular complexity index is 1170. The average molecular weight is 483 g/mol. The summed E-state index contributed by atoms with van der Waals surface area (Å²) in [6.45, 7) is 9.25. The Hall–Kier alpha value is -3.61. The SMILES string of the molecule is COC(=O)CC=CCCC(C)c1cc(O)c(C(=O)C(C)=Cc2ccc(OC(C)C)cc2C)c(=O)o1. The van der Waals surface area contributed by atoms with Crippen molar-refractivity contribution in [1.82, 2.24) is 0 Å². The minimum atomic E-state index is -0.872. The second-order valence-corrected chi connectivity index (χ2v) is 8.77. The molecule has 0 spiro atoms. The summed E-state index contributed by atoms with van der Waals surface area (Å²) in [5, 5.41) is 10.5. The maximum absolute atomic E-state index is 13.0. The lowest BCUT2D eigenvalue weighted by atomic mass is 9.98. The Balaban J connectivity index is 2.16. The molecule has 1 unspecified atom stereocenters. The number of ketones is 1. The van der Waals surface area contributed by atoms with E-state index in [4.69, 9.17) is 9.15 Å². The molecule has 2 aromatic rings. The maximum atomic E-state index is 13.0. The van der Waals surface area contributed by atoms with Crippen LogP contribution in [-0.2, 0) is 9.53 Å². The van der Waals surface area contributed by atoms with E-state index in [9.17, 15) is 19.5 Å². The topological polar surface area (TPSA) is 103 Å². The molecule has 0 radical (unpaired) electrons. The van der Waals surface area contributed by atoms with Gasteiger partial charge >= 0.3 is 11.6 Å². The molecule has 0 bridgehead atoms. The van der Waals surface area contributed by atoms with Gasteiger partial charge in [0.25, 0.3) is 0 Å². The fourth-order valence-corrected chi connectivity index (χ4v) is 3.47. The van der Waals surface area contributed by atoms with Crippen LogP contribution in [0.25, 0.3) is 6.08 Å². The number of ether oxygens (including phenoxy) is 2.